The van der Waals surface area contributed by atoms with Crippen LogP contribution < -0.4 is 16.0 Å². The van der Waals surface area contributed by atoms with E-state index >= 15 is 0 Å². The summed E-state index contributed by atoms with van der Waals surface area (Å²) in [4.78, 5) is 48.3. The zero-order valence-corrected chi connectivity index (χ0v) is 21.3. The summed E-state index contributed by atoms with van der Waals surface area (Å²) in [5.74, 6) is 0.150. The molecule has 0 radical (unpaired) electrons. The second kappa shape index (κ2) is 11.7. The first-order chi connectivity index (χ1) is 17.3. The number of likely N-dealkylation sites (N-methyl/N-ethyl adjacent to an activating group) is 1. The first kappa shape index (κ1) is 25.9. The van der Waals surface area contributed by atoms with Crippen LogP contribution in [0.1, 0.15) is 46.4 Å². The van der Waals surface area contributed by atoms with Crippen molar-refractivity contribution in [1.82, 2.24) is 14.8 Å². The molecule has 10 heteroatoms. The average Bonchev–Trinajstić information content (AvgIpc) is 3.09. The van der Waals surface area contributed by atoms with Crippen molar-refractivity contribution in [2.24, 2.45) is 11.7 Å². The number of anilines is 2. The van der Waals surface area contributed by atoms with Crippen LogP contribution in [0.15, 0.2) is 36.5 Å². The van der Waals surface area contributed by atoms with Crippen molar-refractivity contribution >= 4 is 40.8 Å². The van der Waals surface area contributed by atoms with E-state index in [2.05, 4.69) is 27.1 Å². The number of hydrogen-bond donors (Lipinski definition) is 2. The molecule has 0 spiro atoms. The molecule has 36 heavy (non-hydrogen) atoms. The van der Waals surface area contributed by atoms with E-state index in [-0.39, 0.29) is 17.4 Å². The van der Waals surface area contributed by atoms with Gasteiger partial charge in [-0.1, -0.05) is 17.7 Å². The quantitative estimate of drug-likeness (QED) is 0.615. The Morgan fingerprint density at radius 1 is 1.06 bits per heavy atom. The summed E-state index contributed by atoms with van der Waals surface area (Å²) in [5.41, 5.74) is 6.48. The molecule has 3 N–H and O–H groups in total. The molecule has 2 aliphatic rings. The zero-order chi connectivity index (χ0) is 25.7. The van der Waals surface area contributed by atoms with Crippen molar-refractivity contribution in [1.29, 1.82) is 0 Å². The van der Waals surface area contributed by atoms with E-state index in [1.54, 1.807) is 30.3 Å². The molecule has 2 saturated heterocycles. The van der Waals surface area contributed by atoms with Gasteiger partial charge in [0, 0.05) is 55.9 Å². The Bertz CT molecular complexity index is 1120. The number of hydrogen-bond acceptors (Lipinski definition) is 6. The first-order valence-electron chi connectivity index (χ1n) is 12.4. The van der Waals surface area contributed by atoms with Gasteiger partial charge in [0.25, 0.3) is 5.91 Å². The van der Waals surface area contributed by atoms with Gasteiger partial charge in [-0.15, -0.1) is 0 Å². The normalized spacial score (nSPS) is 17.5. The van der Waals surface area contributed by atoms with Gasteiger partial charge >= 0.3 is 0 Å². The standard InChI is InChI=1S/C26H33ClN6O3/c1-31-8-3-9-32(13-12-31)23(34)14-18-6-10-33(11-7-18)25-22(16-20(17-29-25)24(28)35)30-26(36)19-4-2-5-21(27)15-19/h2,4-5,15-18H,3,6-14H2,1H3,(H2,28,35)(H,30,36). The minimum absolute atomic E-state index is 0.212. The number of pyridine rings is 1. The molecule has 0 aliphatic carbocycles. The topological polar surface area (TPSA) is 112 Å². The van der Waals surface area contributed by atoms with Gasteiger partial charge in [0.2, 0.25) is 11.8 Å². The number of nitrogens with one attached hydrogen (secondary N) is 1. The maximum atomic E-state index is 12.9. The smallest absolute Gasteiger partial charge is 0.255 e. The molecule has 2 aromatic rings. The third kappa shape index (κ3) is 6.53. The van der Waals surface area contributed by atoms with Crippen LogP contribution in [-0.4, -0.2) is 78.8 Å². The van der Waals surface area contributed by atoms with Crippen LogP contribution in [0.25, 0.3) is 0 Å². The lowest BCUT2D eigenvalue weighted by Crippen LogP contribution is -2.39. The lowest BCUT2D eigenvalue weighted by atomic mass is 9.92. The molecular weight excluding hydrogens is 480 g/mol. The number of carbonyl (C=O) groups is 3. The molecule has 0 saturated carbocycles. The number of halogens is 1. The molecule has 2 aliphatic heterocycles. The summed E-state index contributed by atoms with van der Waals surface area (Å²) in [7, 11) is 2.10. The molecule has 0 unspecified atom stereocenters. The summed E-state index contributed by atoms with van der Waals surface area (Å²) in [6, 6.07) is 8.19. The Morgan fingerprint density at radius 3 is 2.56 bits per heavy atom. The van der Waals surface area contributed by atoms with Crippen LogP contribution >= 0.6 is 11.6 Å². The van der Waals surface area contributed by atoms with Crippen molar-refractivity contribution in [3.8, 4) is 0 Å². The van der Waals surface area contributed by atoms with Gasteiger partial charge in [-0.2, -0.15) is 0 Å². The Kier molecular flexibility index (Phi) is 8.43. The van der Waals surface area contributed by atoms with Gasteiger partial charge in [0.15, 0.2) is 5.82 Å². The number of nitrogens with two attached hydrogens (primary N) is 1. The number of piperidine rings is 1. The number of aromatic nitrogens is 1. The SMILES string of the molecule is CN1CCCN(C(=O)CC2CCN(c3ncc(C(N)=O)cc3NC(=O)c3cccc(Cl)c3)CC2)CC1. The summed E-state index contributed by atoms with van der Waals surface area (Å²) in [5, 5.41) is 3.32. The van der Waals surface area contributed by atoms with E-state index < -0.39 is 5.91 Å². The van der Waals surface area contributed by atoms with Gasteiger partial charge in [0.1, 0.15) is 0 Å². The summed E-state index contributed by atoms with van der Waals surface area (Å²) in [6.45, 7) is 4.96. The minimum atomic E-state index is -0.621. The largest absolute Gasteiger partial charge is 0.366 e. The molecule has 1 aromatic carbocycles. The molecule has 2 fully saturated rings. The number of carbonyl (C=O) groups excluding carboxylic acids is 3. The monoisotopic (exact) mass is 512 g/mol. The van der Waals surface area contributed by atoms with E-state index in [4.69, 9.17) is 17.3 Å². The molecular formula is C26H33ClN6O3. The average molecular weight is 513 g/mol. The highest BCUT2D eigenvalue weighted by molar-refractivity contribution is 6.31. The van der Waals surface area contributed by atoms with Crippen LogP contribution in [0, 0.1) is 5.92 Å². The van der Waals surface area contributed by atoms with Crippen molar-refractivity contribution < 1.29 is 14.4 Å². The maximum Gasteiger partial charge on any atom is 0.255 e. The van der Waals surface area contributed by atoms with Crippen molar-refractivity contribution in [3.05, 3.63) is 52.7 Å². The summed E-state index contributed by atoms with van der Waals surface area (Å²) < 4.78 is 0. The third-order valence-corrected chi connectivity index (χ3v) is 7.17. The van der Waals surface area contributed by atoms with Crippen LogP contribution in [-0.2, 0) is 4.79 Å². The number of benzene rings is 1. The molecule has 3 heterocycles. The predicted molar refractivity (Wildman–Crippen MR) is 140 cm³/mol. The Balaban J connectivity index is 1.42. The fourth-order valence-electron chi connectivity index (χ4n) is 4.78. The van der Waals surface area contributed by atoms with E-state index in [1.807, 2.05) is 4.90 Å². The highest BCUT2D eigenvalue weighted by Gasteiger charge is 2.27. The highest BCUT2D eigenvalue weighted by Crippen LogP contribution is 2.30. The highest BCUT2D eigenvalue weighted by atomic mass is 35.5. The van der Waals surface area contributed by atoms with Gasteiger partial charge in [-0.3, -0.25) is 14.4 Å². The number of rotatable bonds is 6. The van der Waals surface area contributed by atoms with Crippen molar-refractivity contribution in [3.63, 3.8) is 0 Å². The van der Waals surface area contributed by atoms with E-state index in [0.29, 0.717) is 47.5 Å². The second-order valence-corrected chi connectivity index (χ2v) is 10.0. The van der Waals surface area contributed by atoms with Gasteiger partial charge in [-0.05, 0) is 63.0 Å². The third-order valence-electron chi connectivity index (χ3n) is 6.94. The van der Waals surface area contributed by atoms with E-state index in [1.165, 1.54) is 6.20 Å². The van der Waals surface area contributed by atoms with E-state index in [9.17, 15) is 14.4 Å². The van der Waals surface area contributed by atoms with E-state index in [0.717, 1.165) is 45.4 Å². The fraction of sp³-hybridized carbons (Fsp3) is 0.462. The molecule has 9 nitrogen and oxygen atoms in total. The minimum Gasteiger partial charge on any atom is -0.366 e. The number of nitrogens with zero attached hydrogens (tertiary/aromatic N) is 4. The molecule has 0 atom stereocenters. The maximum absolute atomic E-state index is 12.9. The van der Waals surface area contributed by atoms with Crippen molar-refractivity contribution in [2.45, 2.75) is 25.7 Å². The first-order valence-corrected chi connectivity index (χ1v) is 12.8. The number of amides is 3. The zero-order valence-electron chi connectivity index (χ0n) is 20.6. The fourth-order valence-corrected chi connectivity index (χ4v) is 4.97. The van der Waals surface area contributed by atoms with Crippen LogP contribution in [0.3, 0.4) is 0 Å². The molecule has 1 aromatic heterocycles. The Hall–Kier alpha value is -3.17. The Labute approximate surface area is 216 Å². The second-order valence-electron chi connectivity index (χ2n) is 9.60. The van der Waals surface area contributed by atoms with Crippen LogP contribution in [0.2, 0.25) is 5.02 Å². The van der Waals surface area contributed by atoms with Gasteiger partial charge < -0.3 is 25.8 Å². The molecule has 3 amide bonds. The van der Waals surface area contributed by atoms with Crippen LogP contribution in [0.5, 0.6) is 0 Å². The van der Waals surface area contributed by atoms with Crippen molar-refractivity contribution in [2.75, 3.05) is 56.5 Å². The number of primary amides is 1. The molecule has 192 valence electrons. The van der Waals surface area contributed by atoms with Crippen LogP contribution in [0.4, 0.5) is 11.5 Å². The lowest BCUT2D eigenvalue weighted by Gasteiger charge is -2.34. The van der Waals surface area contributed by atoms with Gasteiger partial charge in [-0.25, -0.2) is 4.98 Å². The predicted octanol–water partition coefficient (Wildman–Crippen LogP) is 2.86. The summed E-state index contributed by atoms with van der Waals surface area (Å²) in [6.07, 6.45) is 4.70. The Morgan fingerprint density at radius 2 is 1.83 bits per heavy atom. The van der Waals surface area contributed by atoms with Gasteiger partial charge in [0.05, 0.1) is 11.3 Å². The molecule has 0 bridgehead atoms. The molecule has 4 rings (SSSR count). The lowest BCUT2D eigenvalue weighted by molar-refractivity contribution is -0.132. The summed E-state index contributed by atoms with van der Waals surface area (Å²) >= 11 is 6.03.